The molecular formula is C12H14N2O6. The molecule has 2 aliphatic rings. The molecule has 0 aliphatic carbocycles. The molecule has 4 amide bonds. The predicted octanol–water partition coefficient (Wildman–Crippen LogP) is -1.17. The molecule has 1 atom stereocenters. The highest BCUT2D eigenvalue weighted by Gasteiger charge is 2.43. The predicted molar refractivity (Wildman–Crippen MR) is 62.8 cm³/mol. The summed E-state index contributed by atoms with van der Waals surface area (Å²) in [6.45, 7) is -0.332. The molecule has 0 N–H and O–H groups in total. The first-order chi connectivity index (χ1) is 9.45. The molecule has 2 rings (SSSR count). The summed E-state index contributed by atoms with van der Waals surface area (Å²) in [5.41, 5.74) is 0. The normalized spacial score (nSPS) is 20.9. The van der Waals surface area contributed by atoms with Crippen molar-refractivity contribution in [3.63, 3.8) is 0 Å². The summed E-state index contributed by atoms with van der Waals surface area (Å²) in [6, 6.07) is -1.26. The summed E-state index contributed by atoms with van der Waals surface area (Å²) in [5, 5.41) is 0. The van der Waals surface area contributed by atoms with Gasteiger partial charge < -0.3 is 4.74 Å². The van der Waals surface area contributed by atoms with Crippen LogP contribution in [0.1, 0.15) is 25.7 Å². The molecule has 20 heavy (non-hydrogen) atoms. The topological polar surface area (TPSA) is 101 Å². The number of likely N-dealkylation sites (tertiary alicyclic amines) is 2. The van der Waals surface area contributed by atoms with Gasteiger partial charge in [-0.2, -0.15) is 0 Å². The Bertz CT molecular complexity index is 468. The van der Waals surface area contributed by atoms with Gasteiger partial charge in [0, 0.05) is 25.7 Å². The monoisotopic (exact) mass is 282 g/mol. The van der Waals surface area contributed by atoms with Crippen molar-refractivity contribution in [2.45, 2.75) is 31.7 Å². The Labute approximate surface area is 114 Å². The lowest BCUT2D eigenvalue weighted by Crippen LogP contribution is -2.52. The van der Waals surface area contributed by atoms with Crippen LogP contribution in [0.5, 0.6) is 0 Å². The fraction of sp³-hybridized carbons (Fsp3) is 0.583. The van der Waals surface area contributed by atoms with Crippen LogP contribution in [0, 0.1) is 0 Å². The summed E-state index contributed by atoms with van der Waals surface area (Å²) in [5.74, 6) is -2.64. The molecule has 0 radical (unpaired) electrons. The Morgan fingerprint density at radius 3 is 1.90 bits per heavy atom. The smallest absolute Gasteiger partial charge is 0.330 e. The number of amides is 4. The van der Waals surface area contributed by atoms with Crippen LogP contribution in [0.25, 0.3) is 0 Å². The number of carbonyl (C=O) groups excluding carboxylic acids is 5. The minimum absolute atomic E-state index is 0.0220. The van der Waals surface area contributed by atoms with Crippen LogP contribution in [0.4, 0.5) is 0 Å². The number of esters is 1. The highest BCUT2D eigenvalue weighted by atomic mass is 16.5. The molecule has 8 heteroatoms. The SMILES string of the molecule is COC(=O)C(CN1C(=O)CCC1=O)N1C(=O)CCC1=O. The molecule has 2 fully saturated rings. The number of carbonyl (C=O) groups is 5. The van der Waals surface area contributed by atoms with Crippen molar-refractivity contribution in [2.24, 2.45) is 0 Å². The quantitative estimate of drug-likeness (QED) is 0.475. The average Bonchev–Trinajstić information content (AvgIpc) is 2.91. The second kappa shape index (κ2) is 5.40. The Hall–Kier alpha value is -2.25. The van der Waals surface area contributed by atoms with Gasteiger partial charge in [-0.25, -0.2) is 4.79 Å². The van der Waals surface area contributed by atoms with Crippen LogP contribution >= 0.6 is 0 Å². The molecule has 2 heterocycles. The Balaban J connectivity index is 2.22. The number of rotatable bonds is 4. The van der Waals surface area contributed by atoms with Crippen molar-refractivity contribution in [3.8, 4) is 0 Å². The first-order valence-corrected chi connectivity index (χ1v) is 6.21. The molecular weight excluding hydrogens is 268 g/mol. The van der Waals surface area contributed by atoms with E-state index in [-0.39, 0.29) is 32.2 Å². The lowest BCUT2D eigenvalue weighted by Gasteiger charge is -2.27. The van der Waals surface area contributed by atoms with E-state index < -0.39 is 35.6 Å². The fourth-order valence-electron chi connectivity index (χ4n) is 2.34. The van der Waals surface area contributed by atoms with E-state index in [1.54, 1.807) is 0 Å². The van der Waals surface area contributed by atoms with Crippen molar-refractivity contribution >= 4 is 29.6 Å². The Morgan fingerprint density at radius 1 is 1.00 bits per heavy atom. The van der Waals surface area contributed by atoms with E-state index in [1.807, 2.05) is 0 Å². The molecule has 2 aliphatic heterocycles. The number of ether oxygens (including phenoxy) is 1. The Morgan fingerprint density at radius 2 is 1.45 bits per heavy atom. The second-order valence-corrected chi connectivity index (χ2v) is 4.59. The minimum atomic E-state index is -1.26. The van der Waals surface area contributed by atoms with Gasteiger partial charge in [0.2, 0.25) is 23.6 Å². The van der Waals surface area contributed by atoms with Crippen LogP contribution in [-0.4, -0.2) is 59.1 Å². The maximum absolute atomic E-state index is 11.8. The summed E-state index contributed by atoms with van der Waals surface area (Å²) in [6.07, 6.45) is 0.200. The number of methoxy groups -OCH3 is 1. The third-order valence-electron chi connectivity index (χ3n) is 3.39. The third-order valence-corrected chi connectivity index (χ3v) is 3.39. The van der Waals surface area contributed by atoms with Gasteiger partial charge in [0.25, 0.3) is 0 Å². The molecule has 1 unspecified atom stereocenters. The number of nitrogens with zero attached hydrogens (tertiary/aromatic N) is 2. The van der Waals surface area contributed by atoms with Gasteiger partial charge in [0.15, 0.2) is 6.04 Å². The number of imide groups is 2. The molecule has 0 aromatic rings. The minimum Gasteiger partial charge on any atom is -0.467 e. The zero-order valence-corrected chi connectivity index (χ0v) is 11.0. The Kier molecular flexibility index (Phi) is 3.82. The van der Waals surface area contributed by atoms with Crippen molar-refractivity contribution in [2.75, 3.05) is 13.7 Å². The van der Waals surface area contributed by atoms with Gasteiger partial charge in [-0.15, -0.1) is 0 Å². The van der Waals surface area contributed by atoms with Crippen molar-refractivity contribution < 1.29 is 28.7 Å². The van der Waals surface area contributed by atoms with E-state index in [0.717, 1.165) is 16.9 Å². The van der Waals surface area contributed by atoms with E-state index in [2.05, 4.69) is 4.74 Å². The second-order valence-electron chi connectivity index (χ2n) is 4.59. The largest absolute Gasteiger partial charge is 0.467 e. The van der Waals surface area contributed by atoms with Gasteiger partial charge >= 0.3 is 5.97 Å². The van der Waals surface area contributed by atoms with E-state index in [9.17, 15) is 24.0 Å². The van der Waals surface area contributed by atoms with E-state index in [1.165, 1.54) is 0 Å². The third kappa shape index (κ3) is 2.40. The highest BCUT2D eigenvalue weighted by Crippen LogP contribution is 2.20. The van der Waals surface area contributed by atoms with Crippen molar-refractivity contribution in [1.82, 2.24) is 9.80 Å². The van der Waals surface area contributed by atoms with Crippen LogP contribution in [0.3, 0.4) is 0 Å². The van der Waals surface area contributed by atoms with Crippen LogP contribution in [0.15, 0.2) is 0 Å². The zero-order valence-electron chi connectivity index (χ0n) is 11.0. The average molecular weight is 282 g/mol. The zero-order chi connectivity index (χ0) is 14.9. The van der Waals surface area contributed by atoms with Crippen molar-refractivity contribution in [1.29, 1.82) is 0 Å². The maximum atomic E-state index is 11.8. The lowest BCUT2D eigenvalue weighted by molar-refractivity contribution is -0.158. The number of hydrogen-bond donors (Lipinski definition) is 0. The summed E-state index contributed by atoms with van der Waals surface area (Å²) in [7, 11) is 1.12. The molecule has 0 bridgehead atoms. The summed E-state index contributed by atoms with van der Waals surface area (Å²) in [4.78, 5) is 60.0. The van der Waals surface area contributed by atoms with Crippen LogP contribution < -0.4 is 0 Å². The molecule has 0 saturated carbocycles. The summed E-state index contributed by atoms with van der Waals surface area (Å²) >= 11 is 0. The van der Waals surface area contributed by atoms with Gasteiger partial charge in [0.1, 0.15) is 0 Å². The first kappa shape index (κ1) is 14.2. The van der Waals surface area contributed by atoms with Crippen LogP contribution in [-0.2, 0) is 28.7 Å². The molecule has 8 nitrogen and oxygen atoms in total. The van der Waals surface area contributed by atoms with E-state index in [4.69, 9.17) is 0 Å². The van der Waals surface area contributed by atoms with E-state index in [0.29, 0.717) is 0 Å². The number of hydrogen-bond acceptors (Lipinski definition) is 6. The van der Waals surface area contributed by atoms with Gasteiger partial charge in [-0.1, -0.05) is 0 Å². The van der Waals surface area contributed by atoms with Gasteiger partial charge in [-0.05, 0) is 0 Å². The standard InChI is InChI=1S/C12H14N2O6/c1-20-12(19)7(14-10(17)4-5-11(14)18)6-13-8(15)2-3-9(13)16/h7H,2-6H2,1H3. The maximum Gasteiger partial charge on any atom is 0.330 e. The molecule has 108 valence electrons. The molecule has 0 aromatic heterocycles. The highest BCUT2D eigenvalue weighted by molar-refractivity contribution is 6.06. The van der Waals surface area contributed by atoms with E-state index >= 15 is 0 Å². The van der Waals surface area contributed by atoms with Gasteiger partial charge in [-0.3, -0.25) is 29.0 Å². The molecule has 2 saturated heterocycles. The molecule has 0 aromatic carbocycles. The first-order valence-electron chi connectivity index (χ1n) is 6.21. The fourth-order valence-corrected chi connectivity index (χ4v) is 2.34. The van der Waals surface area contributed by atoms with Gasteiger partial charge in [0.05, 0.1) is 13.7 Å². The summed E-state index contributed by atoms with van der Waals surface area (Å²) < 4.78 is 4.57. The van der Waals surface area contributed by atoms with Crippen LogP contribution in [0.2, 0.25) is 0 Å². The van der Waals surface area contributed by atoms with Crippen molar-refractivity contribution in [3.05, 3.63) is 0 Å². The lowest BCUT2D eigenvalue weighted by atomic mass is 10.2. The molecule has 0 spiro atoms.